The van der Waals surface area contributed by atoms with E-state index in [9.17, 15) is 9.59 Å². The Balaban J connectivity index is 2.29. The zero-order valence-corrected chi connectivity index (χ0v) is 10.8. The summed E-state index contributed by atoms with van der Waals surface area (Å²) in [6.45, 7) is 5.89. The molecule has 17 heavy (non-hydrogen) atoms. The van der Waals surface area contributed by atoms with Crippen LogP contribution in [0.25, 0.3) is 0 Å². The largest absolute Gasteiger partial charge is 0.444 e. The molecule has 0 aromatic rings. The number of amides is 2. The molecular formula is C12H22N2O3. The van der Waals surface area contributed by atoms with E-state index in [0.717, 1.165) is 19.3 Å². The van der Waals surface area contributed by atoms with Gasteiger partial charge in [0, 0.05) is 19.0 Å². The zero-order chi connectivity index (χ0) is 12.9. The Morgan fingerprint density at radius 1 is 1.47 bits per heavy atom. The van der Waals surface area contributed by atoms with Gasteiger partial charge in [0.2, 0.25) is 5.91 Å². The van der Waals surface area contributed by atoms with Crippen LogP contribution >= 0.6 is 0 Å². The summed E-state index contributed by atoms with van der Waals surface area (Å²) in [5.74, 6) is 0.0680. The predicted molar refractivity (Wildman–Crippen MR) is 64.6 cm³/mol. The lowest BCUT2D eigenvalue weighted by Crippen LogP contribution is -2.43. The molecule has 0 aromatic carbocycles. The molecule has 1 saturated heterocycles. The first-order chi connectivity index (χ1) is 7.87. The van der Waals surface area contributed by atoms with Crippen molar-refractivity contribution in [2.45, 2.75) is 58.1 Å². The summed E-state index contributed by atoms with van der Waals surface area (Å²) in [5, 5.41) is 5.57. The number of carbonyl (C=O) groups is 2. The molecule has 1 aliphatic heterocycles. The third kappa shape index (κ3) is 6.14. The van der Waals surface area contributed by atoms with Crippen molar-refractivity contribution < 1.29 is 14.3 Å². The summed E-state index contributed by atoms with van der Waals surface area (Å²) >= 11 is 0. The molecule has 0 aromatic heterocycles. The molecule has 1 unspecified atom stereocenters. The minimum absolute atomic E-state index is 0.0255. The van der Waals surface area contributed by atoms with Crippen molar-refractivity contribution in [3.05, 3.63) is 0 Å². The maximum Gasteiger partial charge on any atom is 0.407 e. The lowest BCUT2D eigenvalue weighted by atomic mass is 10.1. The maximum atomic E-state index is 11.4. The third-order valence-corrected chi connectivity index (χ3v) is 2.46. The van der Waals surface area contributed by atoms with Gasteiger partial charge in [-0.2, -0.15) is 0 Å². The van der Waals surface area contributed by atoms with Gasteiger partial charge < -0.3 is 15.4 Å². The zero-order valence-electron chi connectivity index (χ0n) is 10.8. The molecule has 0 saturated carbocycles. The maximum absolute atomic E-state index is 11.4. The van der Waals surface area contributed by atoms with E-state index < -0.39 is 11.7 Å². The minimum atomic E-state index is -0.489. The molecule has 1 heterocycles. The molecule has 0 aliphatic carbocycles. The number of nitrogens with one attached hydrogen (secondary N) is 2. The Morgan fingerprint density at radius 2 is 2.18 bits per heavy atom. The Bertz CT molecular complexity index is 284. The lowest BCUT2D eigenvalue weighted by molar-refractivity contribution is -0.121. The first-order valence-corrected chi connectivity index (χ1v) is 6.13. The van der Waals surface area contributed by atoms with Crippen molar-refractivity contribution in [3.63, 3.8) is 0 Å². The molecule has 0 spiro atoms. The van der Waals surface area contributed by atoms with Gasteiger partial charge in [0.1, 0.15) is 5.60 Å². The van der Waals surface area contributed by atoms with Gasteiger partial charge in [0.25, 0.3) is 0 Å². The van der Waals surface area contributed by atoms with Crippen molar-refractivity contribution >= 4 is 12.0 Å². The van der Waals surface area contributed by atoms with E-state index in [1.54, 1.807) is 0 Å². The highest BCUT2D eigenvalue weighted by Crippen LogP contribution is 2.09. The molecule has 1 aliphatic rings. The van der Waals surface area contributed by atoms with Crippen molar-refractivity contribution in [2.24, 2.45) is 0 Å². The molecule has 0 bridgehead atoms. The van der Waals surface area contributed by atoms with E-state index in [0.29, 0.717) is 13.0 Å². The van der Waals surface area contributed by atoms with Crippen molar-refractivity contribution in [1.82, 2.24) is 10.6 Å². The number of ether oxygens (including phenoxy) is 1. The van der Waals surface area contributed by atoms with Crippen LogP contribution < -0.4 is 10.6 Å². The number of hydrogen-bond acceptors (Lipinski definition) is 3. The Morgan fingerprint density at radius 3 is 2.82 bits per heavy atom. The second-order valence-corrected chi connectivity index (χ2v) is 5.39. The minimum Gasteiger partial charge on any atom is -0.444 e. The predicted octanol–water partition coefficient (Wildman–Crippen LogP) is 1.57. The summed E-state index contributed by atoms with van der Waals surface area (Å²) in [6.07, 6.45) is 2.99. The molecule has 5 nitrogen and oxygen atoms in total. The first kappa shape index (κ1) is 13.8. The van der Waals surface area contributed by atoms with Crippen LogP contribution in [0.3, 0.4) is 0 Å². The van der Waals surface area contributed by atoms with Crippen LogP contribution in [0.5, 0.6) is 0 Å². The van der Waals surface area contributed by atoms with E-state index >= 15 is 0 Å². The summed E-state index contributed by atoms with van der Waals surface area (Å²) in [4.78, 5) is 22.7. The summed E-state index contributed by atoms with van der Waals surface area (Å²) in [5.41, 5.74) is -0.489. The van der Waals surface area contributed by atoms with Gasteiger partial charge in [0.05, 0.1) is 0 Å². The highest BCUT2D eigenvalue weighted by Gasteiger charge is 2.19. The topological polar surface area (TPSA) is 67.4 Å². The van der Waals surface area contributed by atoms with E-state index in [1.807, 2.05) is 20.8 Å². The van der Waals surface area contributed by atoms with Gasteiger partial charge in [-0.15, -0.1) is 0 Å². The van der Waals surface area contributed by atoms with Crippen LogP contribution in [0.15, 0.2) is 0 Å². The highest BCUT2D eigenvalue weighted by atomic mass is 16.6. The molecule has 1 atom stereocenters. The number of alkyl carbamates (subject to hydrolysis) is 1. The average Bonchev–Trinajstić information content (AvgIpc) is 2.37. The third-order valence-electron chi connectivity index (χ3n) is 2.46. The van der Waals surface area contributed by atoms with Gasteiger partial charge >= 0.3 is 6.09 Å². The van der Waals surface area contributed by atoms with Gasteiger partial charge in [-0.25, -0.2) is 4.79 Å². The van der Waals surface area contributed by atoms with Gasteiger partial charge in [0.15, 0.2) is 0 Å². The van der Waals surface area contributed by atoms with Crippen molar-refractivity contribution in [2.75, 3.05) is 6.54 Å². The van der Waals surface area contributed by atoms with Crippen LogP contribution in [-0.4, -0.2) is 30.2 Å². The van der Waals surface area contributed by atoms with Crippen LogP contribution in [0.2, 0.25) is 0 Å². The average molecular weight is 242 g/mol. The number of rotatable bonds is 2. The normalized spacial score (nSPS) is 21.4. The highest BCUT2D eigenvalue weighted by molar-refractivity contribution is 5.76. The Hall–Kier alpha value is -1.26. The first-order valence-electron chi connectivity index (χ1n) is 6.13. The lowest BCUT2D eigenvalue weighted by Gasteiger charge is -2.21. The van der Waals surface area contributed by atoms with Crippen LogP contribution in [0.1, 0.15) is 46.5 Å². The molecule has 2 N–H and O–H groups in total. The van der Waals surface area contributed by atoms with Gasteiger partial charge in [-0.3, -0.25) is 4.79 Å². The summed E-state index contributed by atoms with van der Waals surface area (Å²) in [6, 6.07) is 0.0255. The fourth-order valence-corrected chi connectivity index (χ4v) is 1.72. The van der Waals surface area contributed by atoms with E-state index in [-0.39, 0.29) is 11.9 Å². The van der Waals surface area contributed by atoms with Gasteiger partial charge in [-0.1, -0.05) is 6.42 Å². The fourth-order valence-electron chi connectivity index (χ4n) is 1.72. The smallest absolute Gasteiger partial charge is 0.407 e. The van der Waals surface area contributed by atoms with Crippen LogP contribution in [0.4, 0.5) is 4.79 Å². The monoisotopic (exact) mass is 242 g/mol. The fraction of sp³-hybridized carbons (Fsp3) is 0.833. The molecule has 2 amide bonds. The molecule has 0 radical (unpaired) electrons. The van der Waals surface area contributed by atoms with Crippen molar-refractivity contribution in [1.29, 1.82) is 0 Å². The standard InChI is InChI=1S/C12H22N2O3/c1-12(2,3)17-11(16)13-8-9-6-4-5-7-10(15)14-9/h9H,4-8H2,1-3H3,(H,13,16)(H,14,15). The number of carbonyl (C=O) groups excluding carboxylic acids is 2. The molecule has 1 rings (SSSR count). The van der Waals surface area contributed by atoms with Crippen molar-refractivity contribution in [3.8, 4) is 0 Å². The molecular weight excluding hydrogens is 220 g/mol. The quantitative estimate of drug-likeness (QED) is 0.772. The summed E-state index contributed by atoms with van der Waals surface area (Å²) < 4.78 is 5.12. The molecule has 98 valence electrons. The second kappa shape index (κ2) is 5.89. The van der Waals surface area contributed by atoms with E-state index in [2.05, 4.69) is 10.6 Å². The molecule has 1 fully saturated rings. The Labute approximate surface area is 102 Å². The summed E-state index contributed by atoms with van der Waals surface area (Å²) in [7, 11) is 0. The van der Waals surface area contributed by atoms with E-state index in [4.69, 9.17) is 4.74 Å². The van der Waals surface area contributed by atoms with Crippen LogP contribution in [0, 0.1) is 0 Å². The number of hydrogen-bond donors (Lipinski definition) is 2. The SMILES string of the molecule is CC(C)(C)OC(=O)NCC1CCCCC(=O)N1. The van der Waals surface area contributed by atoms with E-state index in [1.165, 1.54) is 0 Å². The molecule has 5 heteroatoms. The second-order valence-electron chi connectivity index (χ2n) is 5.39. The Kier molecular flexibility index (Phi) is 4.78. The van der Waals surface area contributed by atoms with Gasteiger partial charge in [-0.05, 0) is 33.6 Å². The van der Waals surface area contributed by atoms with Crippen LogP contribution in [-0.2, 0) is 9.53 Å².